The Balaban J connectivity index is 1.93. The Kier molecular flexibility index (Phi) is 4.02. The second-order valence-electron chi connectivity index (χ2n) is 6.47. The van der Waals surface area contributed by atoms with Gasteiger partial charge in [-0.25, -0.2) is 0 Å². The highest BCUT2D eigenvalue weighted by molar-refractivity contribution is 5.35. The summed E-state index contributed by atoms with van der Waals surface area (Å²) in [6.07, 6.45) is 6.88. The lowest BCUT2D eigenvalue weighted by Crippen LogP contribution is -2.51. The molecule has 1 heterocycles. The molecule has 0 spiro atoms. The zero-order valence-corrected chi connectivity index (χ0v) is 12.9. The first-order valence-corrected chi connectivity index (χ1v) is 8.15. The topological polar surface area (TPSA) is 12.5 Å². The number of nitrogens with zero attached hydrogens (tertiary/aromatic N) is 1. The molecule has 1 aliphatic heterocycles. The molecule has 2 heteroatoms. The first-order chi connectivity index (χ1) is 9.78. The number of rotatable bonds is 3. The summed E-state index contributed by atoms with van der Waals surface area (Å²) in [5, 5.41) is 0. The molecular formula is C18H27NO. The van der Waals surface area contributed by atoms with Gasteiger partial charge in [0.15, 0.2) is 0 Å². The zero-order chi connectivity index (χ0) is 14.0. The minimum absolute atomic E-state index is 0.415. The van der Waals surface area contributed by atoms with Gasteiger partial charge in [-0.15, -0.1) is 0 Å². The summed E-state index contributed by atoms with van der Waals surface area (Å²) in [4.78, 5) is 2.63. The molecule has 110 valence electrons. The number of likely N-dealkylation sites (tertiary alicyclic amines) is 1. The second-order valence-corrected chi connectivity index (χ2v) is 6.47. The molecule has 2 nitrogen and oxygen atoms in total. The highest BCUT2D eigenvalue weighted by atomic mass is 16.5. The summed E-state index contributed by atoms with van der Waals surface area (Å²) in [5.74, 6) is 1.84. The van der Waals surface area contributed by atoms with Crippen LogP contribution in [0, 0.1) is 5.92 Å². The fourth-order valence-corrected chi connectivity index (χ4v) is 4.41. The average Bonchev–Trinajstić information content (AvgIpc) is 2.54. The molecule has 2 aliphatic rings. The van der Waals surface area contributed by atoms with Crippen LogP contribution in [0.2, 0.25) is 0 Å². The maximum absolute atomic E-state index is 5.45. The molecular weight excluding hydrogens is 246 g/mol. The van der Waals surface area contributed by atoms with Crippen molar-refractivity contribution in [3.63, 3.8) is 0 Å². The van der Waals surface area contributed by atoms with Crippen LogP contribution in [0.3, 0.4) is 0 Å². The van der Waals surface area contributed by atoms with Gasteiger partial charge in [0.05, 0.1) is 7.11 Å². The van der Waals surface area contributed by atoms with Crippen molar-refractivity contribution >= 4 is 0 Å². The molecule has 1 aromatic rings. The molecule has 0 bridgehead atoms. The third-order valence-corrected chi connectivity index (χ3v) is 5.65. The van der Waals surface area contributed by atoms with Crippen molar-refractivity contribution in [2.24, 2.45) is 5.92 Å². The van der Waals surface area contributed by atoms with E-state index in [0.29, 0.717) is 5.41 Å². The van der Waals surface area contributed by atoms with Gasteiger partial charge in [0.2, 0.25) is 0 Å². The molecule has 0 amide bonds. The number of fused-ring (bicyclic) bond motifs is 1. The van der Waals surface area contributed by atoms with Crippen LogP contribution in [-0.2, 0) is 5.41 Å². The fraction of sp³-hybridized carbons (Fsp3) is 0.667. The van der Waals surface area contributed by atoms with Crippen molar-refractivity contribution in [1.29, 1.82) is 0 Å². The van der Waals surface area contributed by atoms with Crippen molar-refractivity contribution < 1.29 is 4.74 Å². The molecule has 1 aliphatic carbocycles. The van der Waals surface area contributed by atoms with Crippen molar-refractivity contribution in [3.8, 4) is 5.75 Å². The summed E-state index contributed by atoms with van der Waals surface area (Å²) in [5.41, 5.74) is 1.94. The molecule has 0 radical (unpaired) electrons. The van der Waals surface area contributed by atoms with Gasteiger partial charge in [0.1, 0.15) is 5.75 Å². The fourth-order valence-electron chi connectivity index (χ4n) is 4.41. The van der Waals surface area contributed by atoms with Gasteiger partial charge in [-0.2, -0.15) is 0 Å². The van der Waals surface area contributed by atoms with E-state index < -0.39 is 0 Å². The third kappa shape index (κ3) is 2.35. The Morgan fingerprint density at radius 2 is 2.20 bits per heavy atom. The molecule has 0 N–H and O–H groups in total. The van der Waals surface area contributed by atoms with Gasteiger partial charge in [0.25, 0.3) is 0 Å². The van der Waals surface area contributed by atoms with E-state index >= 15 is 0 Å². The normalized spacial score (nSPS) is 30.8. The van der Waals surface area contributed by atoms with Crippen molar-refractivity contribution in [2.45, 2.75) is 44.4 Å². The maximum Gasteiger partial charge on any atom is 0.119 e. The Bertz CT molecular complexity index is 458. The van der Waals surface area contributed by atoms with E-state index in [1.54, 1.807) is 7.11 Å². The van der Waals surface area contributed by atoms with E-state index in [0.717, 1.165) is 11.7 Å². The molecule has 2 fully saturated rings. The molecule has 2 atom stereocenters. The first kappa shape index (κ1) is 13.9. The summed E-state index contributed by atoms with van der Waals surface area (Å²) in [7, 11) is 1.77. The van der Waals surface area contributed by atoms with Gasteiger partial charge in [0, 0.05) is 12.0 Å². The van der Waals surface area contributed by atoms with Gasteiger partial charge in [-0.3, -0.25) is 0 Å². The van der Waals surface area contributed by atoms with Crippen LogP contribution in [-0.4, -0.2) is 31.6 Å². The van der Waals surface area contributed by atoms with Crippen LogP contribution in [0.15, 0.2) is 24.3 Å². The van der Waals surface area contributed by atoms with E-state index in [-0.39, 0.29) is 0 Å². The predicted octanol–water partition coefficient (Wildman–Crippen LogP) is 3.85. The Morgan fingerprint density at radius 3 is 3.00 bits per heavy atom. The van der Waals surface area contributed by atoms with Crippen LogP contribution in [0.1, 0.15) is 44.6 Å². The predicted molar refractivity (Wildman–Crippen MR) is 83.4 cm³/mol. The van der Waals surface area contributed by atoms with Crippen LogP contribution in [0.5, 0.6) is 5.75 Å². The molecule has 1 saturated carbocycles. The second kappa shape index (κ2) is 5.77. The third-order valence-electron chi connectivity index (χ3n) is 5.65. The van der Waals surface area contributed by atoms with E-state index in [9.17, 15) is 0 Å². The average molecular weight is 273 g/mol. The minimum Gasteiger partial charge on any atom is -0.497 e. The molecule has 0 aromatic heterocycles. The summed E-state index contributed by atoms with van der Waals surface area (Å²) >= 11 is 0. The Hall–Kier alpha value is -1.02. The molecule has 1 saturated heterocycles. The quantitative estimate of drug-likeness (QED) is 0.829. The van der Waals surface area contributed by atoms with Crippen LogP contribution < -0.4 is 4.74 Å². The minimum atomic E-state index is 0.415. The lowest BCUT2D eigenvalue weighted by Gasteiger charge is -2.51. The van der Waals surface area contributed by atoms with E-state index in [1.807, 2.05) is 0 Å². The van der Waals surface area contributed by atoms with Gasteiger partial charge in [-0.1, -0.05) is 31.9 Å². The smallest absolute Gasteiger partial charge is 0.119 e. The standard InChI is InChI=1S/C18H27NO/c1-3-19-12-11-18(10-5-4-7-16(18)14-19)15-8-6-9-17(13-15)20-2/h6,8-9,13,16H,3-5,7,10-12,14H2,1-2H3/t16-,18-/m1/s1. The summed E-state index contributed by atoms with van der Waals surface area (Å²) in [6.45, 7) is 6.03. The van der Waals surface area contributed by atoms with Crippen LogP contribution >= 0.6 is 0 Å². The molecule has 1 aromatic carbocycles. The number of ether oxygens (including phenoxy) is 1. The van der Waals surface area contributed by atoms with Crippen molar-refractivity contribution in [2.75, 3.05) is 26.7 Å². The van der Waals surface area contributed by atoms with E-state index in [4.69, 9.17) is 4.74 Å². The number of hydrogen-bond acceptors (Lipinski definition) is 2. The maximum atomic E-state index is 5.45. The molecule has 3 rings (SSSR count). The lowest BCUT2D eigenvalue weighted by molar-refractivity contribution is 0.0592. The van der Waals surface area contributed by atoms with E-state index in [2.05, 4.69) is 36.1 Å². The number of methoxy groups -OCH3 is 1. The Morgan fingerprint density at radius 1 is 1.30 bits per heavy atom. The van der Waals surface area contributed by atoms with Crippen LogP contribution in [0.25, 0.3) is 0 Å². The molecule has 0 unspecified atom stereocenters. The van der Waals surface area contributed by atoms with Gasteiger partial charge < -0.3 is 9.64 Å². The van der Waals surface area contributed by atoms with Gasteiger partial charge >= 0.3 is 0 Å². The summed E-state index contributed by atoms with van der Waals surface area (Å²) in [6, 6.07) is 8.86. The Labute approximate surface area is 123 Å². The van der Waals surface area contributed by atoms with Crippen LogP contribution in [0.4, 0.5) is 0 Å². The monoisotopic (exact) mass is 273 g/mol. The molecule has 20 heavy (non-hydrogen) atoms. The number of piperidine rings is 1. The SMILES string of the molecule is CCN1CC[C@@]2(c3cccc(OC)c3)CCCC[C@@H]2C1. The highest BCUT2D eigenvalue weighted by Gasteiger charge is 2.45. The van der Waals surface area contributed by atoms with Crippen molar-refractivity contribution in [1.82, 2.24) is 4.90 Å². The summed E-state index contributed by atoms with van der Waals surface area (Å²) < 4.78 is 5.45. The lowest BCUT2D eigenvalue weighted by atomic mass is 9.59. The number of hydrogen-bond donors (Lipinski definition) is 0. The largest absolute Gasteiger partial charge is 0.497 e. The zero-order valence-electron chi connectivity index (χ0n) is 12.9. The van der Waals surface area contributed by atoms with Crippen molar-refractivity contribution in [3.05, 3.63) is 29.8 Å². The number of benzene rings is 1. The first-order valence-electron chi connectivity index (χ1n) is 8.15. The van der Waals surface area contributed by atoms with E-state index in [1.165, 1.54) is 57.3 Å². The van der Waals surface area contributed by atoms with Gasteiger partial charge in [-0.05, 0) is 56.0 Å². The highest BCUT2D eigenvalue weighted by Crippen LogP contribution is 2.49.